The predicted molar refractivity (Wildman–Crippen MR) is 81.6 cm³/mol. The van der Waals surface area contributed by atoms with Crippen LogP contribution in [0.3, 0.4) is 0 Å². The Kier molecular flexibility index (Phi) is 3.86. The molecule has 0 aromatic heterocycles. The topological polar surface area (TPSA) is 15.3 Å². The van der Waals surface area contributed by atoms with Gasteiger partial charge in [0, 0.05) is 31.0 Å². The second-order valence-corrected chi connectivity index (χ2v) is 5.22. The van der Waals surface area contributed by atoms with Crippen LogP contribution < -0.4 is 10.2 Å². The van der Waals surface area contributed by atoms with Crippen LogP contribution in [0, 0.1) is 5.82 Å². The summed E-state index contributed by atoms with van der Waals surface area (Å²) in [6.07, 6.45) is 2.60. The summed E-state index contributed by atoms with van der Waals surface area (Å²) in [5, 5.41) is 3.30. The van der Waals surface area contributed by atoms with Crippen LogP contribution in [0.2, 0.25) is 0 Å². The minimum atomic E-state index is -0.203. The lowest BCUT2D eigenvalue weighted by molar-refractivity contribution is 0.628. The quantitative estimate of drug-likeness (QED) is 0.902. The third kappa shape index (κ3) is 3.10. The molecular weight excluding hydrogens is 251 g/mol. The van der Waals surface area contributed by atoms with E-state index in [4.69, 9.17) is 0 Å². The highest BCUT2D eigenvalue weighted by Crippen LogP contribution is 2.20. The first-order valence-corrected chi connectivity index (χ1v) is 7.14. The minimum Gasteiger partial charge on any atom is -0.381 e. The second kappa shape index (κ2) is 5.95. The van der Waals surface area contributed by atoms with Gasteiger partial charge in [0.1, 0.15) is 5.82 Å². The van der Waals surface area contributed by atoms with Crippen molar-refractivity contribution in [2.45, 2.75) is 19.4 Å². The van der Waals surface area contributed by atoms with E-state index < -0.39 is 0 Å². The molecule has 1 fully saturated rings. The van der Waals surface area contributed by atoms with Gasteiger partial charge in [-0.2, -0.15) is 0 Å². The molecule has 3 heteroatoms. The largest absolute Gasteiger partial charge is 0.381 e. The first kappa shape index (κ1) is 13.0. The Balaban J connectivity index is 1.59. The summed E-state index contributed by atoms with van der Waals surface area (Å²) >= 11 is 0. The van der Waals surface area contributed by atoms with Crippen molar-refractivity contribution in [2.24, 2.45) is 0 Å². The van der Waals surface area contributed by atoms with Crippen molar-refractivity contribution in [1.29, 1.82) is 0 Å². The molecule has 1 saturated heterocycles. The van der Waals surface area contributed by atoms with Crippen LogP contribution in [-0.4, -0.2) is 13.1 Å². The van der Waals surface area contributed by atoms with Gasteiger partial charge in [0.2, 0.25) is 0 Å². The van der Waals surface area contributed by atoms with Gasteiger partial charge in [0.25, 0.3) is 0 Å². The molecule has 3 rings (SSSR count). The van der Waals surface area contributed by atoms with Crippen molar-refractivity contribution in [3.8, 4) is 0 Å². The van der Waals surface area contributed by atoms with Gasteiger partial charge in [0.05, 0.1) is 0 Å². The Labute approximate surface area is 119 Å². The molecule has 20 heavy (non-hydrogen) atoms. The molecule has 2 nitrogen and oxygen atoms in total. The number of halogens is 1. The molecule has 0 amide bonds. The number of nitrogens with zero attached hydrogens (tertiary/aromatic N) is 1. The summed E-state index contributed by atoms with van der Waals surface area (Å²) in [4.78, 5) is 2.43. The molecule has 2 aromatic rings. The monoisotopic (exact) mass is 270 g/mol. The molecule has 0 bridgehead atoms. The fourth-order valence-electron chi connectivity index (χ4n) is 2.57. The van der Waals surface area contributed by atoms with Crippen LogP contribution in [0.25, 0.3) is 0 Å². The van der Waals surface area contributed by atoms with E-state index in [1.165, 1.54) is 49.3 Å². The Morgan fingerprint density at radius 1 is 0.900 bits per heavy atom. The minimum absolute atomic E-state index is 0.203. The number of anilines is 2. The zero-order valence-corrected chi connectivity index (χ0v) is 11.5. The number of benzene rings is 2. The van der Waals surface area contributed by atoms with E-state index in [1.807, 2.05) is 0 Å². The van der Waals surface area contributed by atoms with Crippen molar-refractivity contribution in [3.63, 3.8) is 0 Å². The van der Waals surface area contributed by atoms with Gasteiger partial charge in [-0.3, -0.25) is 0 Å². The van der Waals surface area contributed by atoms with Gasteiger partial charge >= 0.3 is 0 Å². The molecule has 1 aliphatic rings. The number of hydrogen-bond donors (Lipinski definition) is 1. The zero-order chi connectivity index (χ0) is 13.8. The number of rotatable bonds is 4. The Bertz CT molecular complexity index is 542. The highest BCUT2D eigenvalue weighted by molar-refractivity contribution is 5.49. The highest BCUT2D eigenvalue weighted by Gasteiger charge is 2.11. The molecule has 0 radical (unpaired) electrons. The van der Waals surface area contributed by atoms with Crippen LogP contribution in [-0.2, 0) is 6.54 Å². The average Bonchev–Trinajstić information content (AvgIpc) is 3.01. The highest BCUT2D eigenvalue weighted by atomic mass is 19.1. The standard InChI is InChI=1S/C17H19FN2/c18-15-5-7-16(8-6-15)19-13-14-3-9-17(10-4-14)20-11-1-2-12-20/h3-10,19H,1-2,11-13H2. The van der Waals surface area contributed by atoms with Gasteiger partial charge in [-0.15, -0.1) is 0 Å². The van der Waals surface area contributed by atoms with Crippen LogP contribution in [0.4, 0.5) is 15.8 Å². The van der Waals surface area contributed by atoms with Gasteiger partial charge in [-0.05, 0) is 54.8 Å². The fourth-order valence-corrected chi connectivity index (χ4v) is 2.57. The maximum absolute atomic E-state index is 12.8. The average molecular weight is 270 g/mol. The molecule has 0 unspecified atom stereocenters. The molecular formula is C17H19FN2. The summed E-state index contributed by atoms with van der Waals surface area (Å²) in [5.41, 5.74) is 3.49. The van der Waals surface area contributed by atoms with E-state index in [-0.39, 0.29) is 5.82 Å². The maximum atomic E-state index is 12.8. The van der Waals surface area contributed by atoms with Crippen molar-refractivity contribution in [2.75, 3.05) is 23.3 Å². The molecule has 1 heterocycles. The Hall–Kier alpha value is -2.03. The smallest absolute Gasteiger partial charge is 0.123 e. The van der Waals surface area contributed by atoms with E-state index in [1.54, 1.807) is 12.1 Å². The van der Waals surface area contributed by atoms with Gasteiger partial charge in [0.15, 0.2) is 0 Å². The molecule has 1 N–H and O–H groups in total. The van der Waals surface area contributed by atoms with Gasteiger partial charge in [-0.25, -0.2) is 4.39 Å². The SMILES string of the molecule is Fc1ccc(NCc2ccc(N3CCCC3)cc2)cc1. The lowest BCUT2D eigenvalue weighted by Gasteiger charge is -2.17. The molecule has 0 spiro atoms. The Morgan fingerprint density at radius 3 is 2.20 bits per heavy atom. The molecule has 0 atom stereocenters. The van der Waals surface area contributed by atoms with E-state index in [2.05, 4.69) is 34.5 Å². The summed E-state index contributed by atoms with van der Waals surface area (Å²) in [7, 11) is 0. The van der Waals surface area contributed by atoms with E-state index in [0.29, 0.717) is 0 Å². The van der Waals surface area contributed by atoms with Crippen molar-refractivity contribution >= 4 is 11.4 Å². The lowest BCUT2D eigenvalue weighted by Crippen LogP contribution is -2.17. The van der Waals surface area contributed by atoms with Crippen LogP contribution in [0.1, 0.15) is 18.4 Å². The molecule has 0 saturated carbocycles. The predicted octanol–water partition coefficient (Wildman–Crippen LogP) is 4.04. The maximum Gasteiger partial charge on any atom is 0.123 e. The summed E-state index contributed by atoms with van der Waals surface area (Å²) in [6.45, 7) is 3.10. The normalized spacial score (nSPS) is 14.6. The van der Waals surface area contributed by atoms with Gasteiger partial charge in [-0.1, -0.05) is 12.1 Å². The number of hydrogen-bond acceptors (Lipinski definition) is 2. The summed E-state index contributed by atoms with van der Waals surface area (Å²) in [6, 6.07) is 15.1. The third-order valence-electron chi connectivity index (χ3n) is 3.75. The molecule has 104 valence electrons. The van der Waals surface area contributed by atoms with E-state index in [0.717, 1.165) is 12.2 Å². The zero-order valence-electron chi connectivity index (χ0n) is 11.5. The van der Waals surface area contributed by atoms with Crippen molar-refractivity contribution < 1.29 is 4.39 Å². The first-order valence-electron chi connectivity index (χ1n) is 7.14. The molecule has 2 aromatic carbocycles. The lowest BCUT2D eigenvalue weighted by atomic mass is 10.2. The second-order valence-electron chi connectivity index (χ2n) is 5.22. The first-order chi connectivity index (χ1) is 9.81. The summed E-state index contributed by atoms with van der Waals surface area (Å²) in [5.74, 6) is -0.203. The number of nitrogens with one attached hydrogen (secondary N) is 1. The molecule has 1 aliphatic heterocycles. The van der Waals surface area contributed by atoms with Gasteiger partial charge < -0.3 is 10.2 Å². The van der Waals surface area contributed by atoms with Crippen LogP contribution >= 0.6 is 0 Å². The van der Waals surface area contributed by atoms with E-state index in [9.17, 15) is 4.39 Å². The van der Waals surface area contributed by atoms with Crippen molar-refractivity contribution in [1.82, 2.24) is 0 Å². The third-order valence-corrected chi connectivity index (χ3v) is 3.75. The van der Waals surface area contributed by atoms with Crippen molar-refractivity contribution in [3.05, 3.63) is 59.9 Å². The van der Waals surface area contributed by atoms with E-state index >= 15 is 0 Å². The Morgan fingerprint density at radius 2 is 1.55 bits per heavy atom. The van der Waals surface area contributed by atoms with Crippen LogP contribution in [0.5, 0.6) is 0 Å². The molecule has 0 aliphatic carbocycles. The van der Waals surface area contributed by atoms with Crippen LogP contribution in [0.15, 0.2) is 48.5 Å². The summed E-state index contributed by atoms with van der Waals surface area (Å²) < 4.78 is 12.8. The fraction of sp³-hybridized carbons (Fsp3) is 0.294.